The van der Waals surface area contributed by atoms with Crippen LogP contribution in [0.3, 0.4) is 0 Å². The van der Waals surface area contributed by atoms with Crippen LogP contribution in [0.15, 0.2) is 27.4 Å². The van der Waals surface area contributed by atoms with E-state index in [2.05, 4.69) is 11.0 Å². The molecule has 1 aromatic heterocycles. The van der Waals surface area contributed by atoms with E-state index in [-0.39, 0.29) is 11.8 Å². The molecule has 29 heavy (non-hydrogen) atoms. The number of hydrogen-bond donors (Lipinski definition) is 0. The van der Waals surface area contributed by atoms with Gasteiger partial charge >= 0.3 is 11.8 Å². The first-order chi connectivity index (χ1) is 13.7. The Balaban J connectivity index is 1.36. The fourth-order valence-electron chi connectivity index (χ4n) is 4.55. The molecule has 0 saturated carbocycles. The van der Waals surface area contributed by atoms with Crippen LogP contribution in [0.25, 0.3) is 11.1 Å². The highest BCUT2D eigenvalue weighted by Crippen LogP contribution is 2.42. The number of ether oxygens (including phenoxy) is 1. The molecule has 2 aliphatic heterocycles. The number of aromatic nitrogens is 1. The molecule has 0 radical (unpaired) electrons. The number of anilines is 1. The molecule has 2 aliphatic rings. The van der Waals surface area contributed by atoms with Crippen molar-refractivity contribution in [1.82, 2.24) is 9.47 Å². The van der Waals surface area contributed by atoms with Crippen LogP contribution < -0.4 is 10.7 Å². The summed E-state index contributed by atoms with van der Waals surface area (Å²) < 4.78 is 12.4. The summed E-state index contributed by atoms with van der Waals surface area (Å²) in [5.74, 6) is -0.327. The van der Waals surface area contributed by atoms with E-state index in [4.69, 9.17) is 9.15 Å². The van der Waals surface area contributed by atoms with Gasteiger partial charge in [0.15, 0.2) is 5.58 Å². The monoisotopic (exact) mass is 401 g/mol. The molecule has 0 N–H and O–H groups in total. The smallest absolute Gasteiger partial charge is 0.419 e. The Hall–Kier alpha value is -2.44. The summed E-state index contributed by atoms with van der Waals surface area (Å²) in [5.41, 5.74) is 2.44. The van der Waals surface area contributed by atoms with Crippen molar-refractivity contribution < 1.29 is 13.9 Å². The molecule has 0 bridgehead atoms. The fraction of sp³-hybridized carbons (Fsp3) is 0.636. The number of fused-ring (bicyclic) bond motifs is 1. The van der Waals surface area contributed by atoms with Gasteiger partial charge in [0.05, 0.1) is 5.52 Å². The van der Waals surface area contributed by atoms with E-state index in [1.165, 1.54) is 4.57 Å². The second-order valence-corrected chi connectivity index (χ2v) is 9.53. The van der Waals surface area contributed by atoms with Gasteiger partial charge in [-0.15, -0.1) is 0 Å². The molecule has 1 aromatic carbocycles. The Kier molecular flexibility index (Phi) is 4.87. The Bertz CT molecular complexity index is 951. The van der Waals surface area contributed by atoms with Crippen molar-refractivity contribution in [3.05, 3.63) is 28.7 Å². The van der Waals surface area contributed by atoms with Gasteiger partial charge in [-0.1, -0.05) is 0 Å². The van der Waals surface area contributed by atoms with Gasteiger partial charge in [0.25, 0.3) is 0 Å². The van der Waals surface area contributed by atoms with Gasteiger partial charge in [-0.25, -0.2) is 9.59 Å². The second-order valence-electron chi connectivity index (χ2n) is 9.53. The number of hydrogen-bond acceptors (Lipinski definition) is 5. The Morgan fingerprint density at radius 1 is 1.07 bits per heavy atom. The maximum Gasteiger partial charge on any atom is 0.419 e. The third-order valence-corrected chi connectivity index (χ3v) is 6.44. The maximum atomic E-state index is 12.3. The average Bonchev–Trinajstić information content (AvgIpc) is 2.95. The van der Waals surface area contributed by atoms with Crippen molar-refractivity contribution in [2.45, 2.75) is 52.1 Å². The summed E-state index contributed by atoms with van der Waals surface area (Å²) in [6.07, 6.45) is 4.11. The summed E-state index contributed by atoms with van der Waals surface area (Å²) in [6, 6.07) is 6.00. The molecule has 0 atom stereocenters. The third kappa shape index (κ3) is 4.00. The van der Waals surface area contributed by atoms with Crippen LogP contribution in [0.5, 0.6) is 0 Å². The van der Waals surface area contributed by atoms with Crippen LogP contribution in [0.4, 0.5) is 10.5 Å². The molecule has 2 saturated heterocycles. The van der Waals surface area contributed by atoms with E-state index in [1.807, 2.05) is 37.8 Å². The molecule has 2 fully saturated rings. The molecule has 7 nitrogen and oxygen atoms in total. The lowest BCUT2D eigenvalue weighted by atomic mass is 9.71. The number of amides is 1. The highest BCUT2D eigenvalue weighted by molar-refractivity contribution is 5.77. The average molecular weight is 402 g/mol. The number of piperidine rings is 2. The van der Waals surface area contributed by atoms with Gasteiger partial charge in [-0.05, 0) is 64.0 Å². The molecule has 4 rings (SSSR count). The highest BCUT2D eigenvalue weighted by atomic mass is 16.6. The van der Waals surface area contributed by atoms with Crippen molar-refractivity contribution in [2.24, 2.45) is 12.5 Å². The summed E-state index contributed by atoms with van der Waals surface area (Å²) in [5, 5.41) is 0. The lowest BCUT2D eigenvalue weighted by Crippen LogP contribution is -2.49. The zero-order chi connectivity index (χ0) is 20.8. The highest BCUT2D eigenvalue weighted by Gasteiger charge is 2.39. The minimum atomic E-state index is -0.448. The van der Waals surface area contributed by atoms with Gasteiger partial charge in [0.2, 0.25) is 0 Å². The van der Waals surface area contributed by atoms with Crippen molar-refractivity contribution in [3.63, 3.8) is 0 Å². The SMILES string of the molecule is Cn1c(=O)oc2cc(N3CCC4(CCN(C(=O)OC(C)(C)C)CC4)CC3)ccc21. The van der Waals surface area contributed by atoms with E-state index in [0.29, 0.717) is 11.0 Å². The van der Waals surface area contributed by atoms with Gasteiger partial charge in [0, 0.05) is 45.0 Å². The van der Waals surface area contributed by atoms with Crippen LogP contribution in [0.1, 0.15) is 46.5 Å². The molecule has 7 heteroatoms. The predicted octanol–water partition coefficient (Wildman–Crippen LogP) is 3.75. The lowest BCUT2D eigenvalue weighted by molar-refractivity contribution is 0.00666. The number of likely N-dealkylation sites (tertiary alicyclic amines) is 1. The van der Waals surface area contributed by atoms with Gasteiger partial charge in [-0.2, -0.15) is 0 Å². The van der Waals surface area contributed by atoms with E-state index < -0.39 is 5.60 Å². The standard InChI is InChI=1S/C22H31N3O4/c1-21(2,3)29-20(27)25-13-9-22(10-14-25)7-11-24(12-8-22)16-5-6-17-18(15-16)28-19(26)23(17)4/h5-6,15H,7-14H2,1-4H3. The van der Waals surface area contributed by atoms with Crippen molar-refractivity contribution in [3.8, 4) is 0 Å². The summed E-state index contributed by atoms with van der Waals surface area (Å²) in [4.78, 5) is 28.3. The first-order valence-electron chi connectivity index (χ1n) is 10.5. The number of oxazole rings is 1. The van der Waals surface area contributed by atoms with Crippen LogP contribution in [-0.2, 0) is 11.8 Å². The largest absolute Gasteiger partial charge is 0.444 e. The second kappa shape index (κ2) is 7.11. The summed E-state index contributed by atoms with van der Waals surface area (Å²) in [6.45, 7) is 9.23. The predicted molar refractivity (Wildman–Crippen MR) is 112 cm³/mol. The number of rotatable bonds is 1. The minimum Gasteiger partial charge on any atom is -0.444 e. The van der Waals surface area contributed by atoms with Crippen LogP contribution in [0, 0.1) is 5.41 Å². The Morgan fingerprint density at radius 2 is 1.69 bits per heavy atom. The maximum absolute atomic E-state index is 12.3. The molecule has 0 unspecified atom stereocenters. The molecular formula is C22H31N3O4. The number of carbonyl (C=O) groups excluding carboxylic acids is 1. The van der Waals surface area contributed by atoms with Crippen molar-refractivity contribution in [2.75, 3.05) is 31.1 Å². The fourth-order valence-corrected chi connectivity index (χ4v) is 4.55. The van der Waals surface area contributed by atoms with E-state index >= 15 is 0 Å². The Morgan fingerprint density at radius 3 is 2.31 bits per heavy atom. The molecule has 1 amide bonds. The quantitative estimate of drug-likeness (QED) is 0.728. The minimum absolute atomic E-state index is 0.192. The number of aryl methyl sites for hydroxylation is 1. The van der Waals surface area contributed by atoms with E-state index in [1.54, 1.807) is 7.05 Å². The summed E-state index contributed by atoms with van der Waals surface area (Å²) >= 11 is 0. The molecule has 2 aromatic rings. The Labute approximate surface area is 171 Å². The number of nitrogens with zero attached hydrogens (tertiary/aromatic N) is 3. The van der Waals surface area contributed by atoms with E-state index in [9.17, 15) is 9.59 Å². The summed E-state index contributed by atoms with van der Waals surface area (Å²) in [7, 11) is 1.72. The van der Waals surface area contributed by atoms with Gasteiger partial charge < -0.3 is 19.0 Å². The lowest BCUT2D eigenvalue weighted by Gasteiger charge is -2.47. The van der Waals surface area contributed by atoms with Crippen molar-refractivity contribution in [1.29, 1.82) is 0 Å². The molecule has 1 spiro atoms. The van der Waals surface area contributed by atoms with E-state index in [0.717, 1.165) is 63.1 Å². The topological polar surface area (TPSA) is 67.9 Å². The van der Waals surface area contributed by atoms with Gasteiger partial charge in [0.1, 0.15) is 5.60 Å². The third-order valence-electron chi connectivity index (χ3n) is 6.44. The number of benzene rings is 1. The van der Waals surface area contributed by atoms with Crippen LogP contribution in [-0.4, -0.2) is 47.3 Å². The molecule has 0 aliphatic carbocycles. The van der Waals surface area contributed by atoms with Gasteiger partial charge in [-0.3, -0.25) is 4.57 Å². The first-order valence-corrected chi connectivity index (χ1v) is 10.5. The number of carbonyl (C=O) groups is 1. The molecule has 158 valence electrons. The van der Waals surface area contributed by atoms with Crippen molar-refractivity contribution >= 4 is 22.9 Å². The zero-order valence-corrected chi connectivity index (χ0v) is 17.9. The zero-order valence-electron chi connectivity index (χ0n) is 17.9. The van der Waals surface area contributed by atoms with Crippen LogP contribution >= 0.6 is 0 Å². The first kappa shape index (κ1) is 19.9. The molecular weight excluding hydrogens is 370 g/mol. The molecule has 3 heterocycles. The normalized spacial score (nSPS) is 19.7. The van der Waals surface area contributed by atoms with Crippen LogP contribution in [0.2, 0.25) is 0 Å².